The molecule has 0 amide bonds. The lowest BCUT2D eigenvalue weighted by atomic mass is 10.1. The Kier molecular flexibility index (Phi) is 5.76. The van der Waals surface area contributed by atoms with Gasteiger partial charge in [0.2, 0.25) is 0 Å². The van der Waals surface area contributed by atoms with Crippen molar-refractivity contribution in [3.05, 3.63) is 0 Å². The van der Waals surface area contributed by atoms with Gasteiger partial charge in [-0.25, -0.2) is 0 Å². The van der Waals surface area contributed by atoms with Crippen molar-refractivity contribution in [2.75, 3.05) is 20.1 Å². The van der Waals surface area contributed by atoms with Gasteiger partial charge in [0.25, 0.3) is 10.2 Å². The van der Waals surface area contributed by atoms with Crippen molar-refractivity contribution in [3.8, 4) is 0 Å². The number of carbonyl (C=O) groups is 1. The first-order valence-electron chi connectivity index (χ1n) is 6.70. The fourth-order valence-corrected chi connectivity index (χ4v) is 3.39. The SMILES string of the molecule is CC(C)CCN(C1CC1)S(=O)(=O)N(C)CCC(=O)O. The van der Waals surface area contributed by atoms with Crippen LogP contribution in [-0.4, -0.2) is 54.3 Å². The van der Waals surface area contributed by atoms with Crippen LogP contribution in [0.3, 0.4) is 0 Å². The van der Waals surface area contributed by atoms with Gasteiger partial charge in [0.15, 0.2) is 0 Å². The van der Waals surface area contributed by atoms with Crippen molar-refractivity contribution in [2.24, 2.45) is 5.92 Å². The number of aliphatic carboxylic acids is 1. The minimum absolute atomic E-state index is 0.0164. The molecule has 1 fully saturated rings. The van der Waals surface area contributed by atoms with Crippen LogP contribution in [0.1, 0.15) is 39.5 Å². The van der Waals surface area contributed by atoms with Crippen LogP contribution in [0.5, 0.6) is 0 Å². The lowest BCUT2D eigenvalue weighted by molar-refractivity contribution is -0.137. The van der Waals surface area contributed by atoms with Gasteiger partial charge in [-0.05, 0) is 25.2 Å². The summed E-state index contributed by atoms with van der Waals surface area (Å²) in [6.07, 6.45) is 2.47. The Morgan fingerprint density at radius 2 is 1.89 bits per heavy atom. The molecular weight excluding hydrogens is 268 g/mol. The number of hydrogen-bond donors (Lipinski definition) is 1. The van der Waals surface area contributed by atoms with E-state index in [-0.39, 0.29) is 19.0 Å². The van der Waals surface area contributed by atoms with Crippen molar-refractivity contribution >= 4 is 16.2 Å². The van der Waals surface area contributed by atoms with Gasteiger partial charge in [-0.1, -0.05) is 13.8 Å². The van der Waals surface area contributed by atoms with Crippen LogP contribution in [0.4, 0.5) is 0 Å². The average molecular weight is 292 g/mol. The van der Waals surface area contributed by atoms with E-state index in [2.05, 4.69) is 13.8 Å². The van der Waals surface area contributed by atoms with Gasteiger partial charge in [0.05, 0.1) is 6.42 Å². The third-order valence-corrected chi connectivity index (χ3v) is 5.26. The van der Waals surface area contributed by atoms with Crippen LogP contribution < -0.4 is 0 Å². The first kappa shape index (κ1) is 16.4. The molecule has 0 aliphatic heterocycles. The molecule has 1 saturated carbocycles. The largest absolute Gasteiger partial charge is 0.481 e. The van der Waals surface area contributed by atoms with Crippen LogP contribution in [0, 0.1) is 5.92 Å². The number of rotatable bonds is 9. The van der Waals surface area contributed by atoms with E-state index in [9.17, 15) is 13.2 Å². The molecule has 19 heavy (non-hydrogen) atoms. The summed E-state index contributed by atoms with van der Waals surface area (Å²) in [5.74, 6) is -0.539. The van der Waals surface area contributed by atoms with E-state index in [1.54, 1.807) is 0 Å². The zero-order chi connectivity index (χ0) is 14.6. The molecule has 1 N–H and O–H groups in total. The average Bonchev–Trinajstić information content (AvgIpc) is 3.09. The van der Waals surface area contributed by atoms with Crippen LogP contribution >= 0.6 is 0 Å². The molecule has 1 rings (SSSR count). The molecule has 0 bridgehead atoms. The highest BCUT2D eigenvalue weighted by atomic mass is 32.2. The fourth-order valence-electron chi connectivity index (χ4n) is 1.78. The summed E-state index contributed by atoms with van der Waals surface area (Å²) in [5, 5.41) is 8.63. The van der Waals surface area contributed by atoms with Crippen LogP contribution in [-0.2, 0) is 15.0 Å². The maximum absolute atomic E-state index is 12.4. The van der Waals surface area contributed by atoms with Gasteiger partial charge >= 0.3 is 5.97 Å². The second-order valence-corrected chi connectivity index (χ2v) is 7.49. The minimum atomic E-state index is -3.53. The van der Waals surface area contributed by atoms with Gasteiger partial charge in [0, 0.05) is 26.2 Å². The quantitative estimate of drug-likeness (QED) is 0.691. The molecule has 0 atom stereocenters. The predicted molar refractivity (Wildman–Crippen MR) is 73.0 cm³/mol. The third-order valence-electron chi connectivity index (χ3n) is 3.21. The lowest BCUT2D eigenvalue weighted by Gasteiger charge is -2.27. The number of carboxylic acids is 1. The normalized spacial score (nSPS) is 16.5. The molecule has 0 spiro atoms. The smallest absolute Gasteiger partial charge is 0.304 e. The van der Waals surface area contributed by atoms with Crippen molar-refractivity contribution in [3.63, 3.8) is 0 Å². The monoisotopic (exact) mass is 292 g/mol. The summed E-state index contributed by atoms with van der Waals surface area (Å²) in [6, 6.07) is 0.107. The third kappa shape index (κ3) is 5.08. The zero-order valence-corrected chi connectivity index (χ0v) is 12.7. The lowest BCUT2D eigenvalue weighted by Crippen LogP contribution is -2.44. The van der Waals surface area contributed by atoms with Crippen LogP contribution in [0.2, 0.25) is 0 Å². The Balaban J connectivity index is 2.66. The van der Waals surface area contributed by atoms with E-state index >= 15 is 0 Å². The molecule has 0 aromatic rings. The summed E-state index contributed by atoms with van der Waals surface area (Å²) in [7, 11) is -2.08. The predicted octanol–water partition coefficient (Wildman–Crippen LogP) is 1.15. The van der Waals surface area contributed by atoms with Crippen molar-refractivity contribution in [1.29, 1.82) is 0 Å². The highest BCUT2D eigenvalue weighted by molar-refractivity contribution is 7.86. The molecule has 1 aliphatic rings. The first-order valence-corrected chi connectivity index (χ1v) is 8.09. The van der Waals surface area contributed by atoms with E-state index < -0.39 is 16.2 Å². The number of hydrogen-bond acceptors (Lipinski definition) is 3. The summed E-state index contributed by atoms with van der Waals surface area (Å²) in [5.41, 5.74) is 0. The van der Waals surface area contributed by atoms with Crippen LogP contribution in [0.25, 0.3) is 0 Å². The summed E-state index contributed by atoms with van der Waals surface area (Å²) >= 11 is 0. The number of carboxylic acid groups (broad SMARTS) is 1. The van der Waals surface area contributed by atoms with E-state index in [1.165, 1.54) is 11.4 Å². The van der Waals surface area contributed by atoms with Crippen molar-refractivity contribution in [2.45, 2.75) is 45.6 Å². The summed E-state index contributed by atoms with van der Waals surface area (Å²) in [6.45, 7) is 4.66. The van der Waals surface area contributed by atoms with Gasteiger partial charge in [-0.2, -0.15) is 17.0 Å². The molecule has 0 unspecified atom stereocenters. The molecule has 0 aromatic heterocycles. The molecule has 7 heteroatoms. The van der Waals surface area contributed by atoms with Crippen molar-refractivity contribution in [1.82, 2.24) is 8.61 Å². The molecule has 6 nitrogen and oxygen atoms in total. The first-order chi connectivity index (χ1) is 8.75. The Labute approximate surface area is 115 Å². The molecular formula is C12H24N2O4S. The zero-order valence-electron chi connectivity index (χ0n) is 11.9. The second-order valence-electron chi connectivity index (χ2n) is 5.50. The molecule has 112 valence electrons. The van der Waals surface area contributed by atoms with Crippen molar-refractivity contribution < 1.29 is 18.3 Å². The maximum Gasteiger partial charge on any atom is 0.304 e. The Morgan fingerprint density at radius 3 is 2.32 bits per heavy atom. The van der Waals surface area contributed by atoms with Gasteiger partial charge < -0.3 is 5.11 Å². The van der Waals surface area contributed by atoms with E-state index in [4.69, 9.17) is 5.11 Å². The fraction of sp³-hybridized carbons (Fsp3) is 0.917. The molecule has 1 aliphatic carbocycles. The highest BCUT2D eigenvalue weighted by Crippen LogP contribution is 2.30. The van der Waals surface area contributed by atoms with E-state index in [0.717, 1.165) is 23.6 Å². The van der Waals surface area contributed by atoms with Gasteiger partial charge in [-0.3, -0.25) is 4.79 Å². The maximum atomic E-state index is 12.4. The Bertz CT molecular complexity index is 404. The standard InChI is InChI=1S/C12H24N2O4S/c1-10(2)6-9-14(11-4-5-11)19(17,18)13(3)8-7-12(15)16/h10-11H,4-9H2,1-3H3,(H,15,16). The minimum Gasteiger partial charge on any atom is -0.481 e. The molecule has 0 aromatic carbocycles. The Hall–Kier alpha value is -0.660. The summed E-state index contributed by atoms with van der Waals surface area (Å²) in [4.78, 5) is 10.5. The molecule has 0 radical (unpaired) electrons. The summed E-state index contributed by atoms with van der Waals surface area (Å²) < 4.78 is 27.5. The number of nitrogens with zero attached hydrogens (tertiary/aromatic N) is 2. The molecule has 0 heterocycles. The topological polar surface area (TPSA) is 77.9 Å². The van der Waals surface area contributed by atoms with E-state index in [0.29, 0.717) is 12.5 Å². The van der Waals surface area contributed by atoms with Crippen LogP contribution in [0.15, 0.2) is 0 Å². The highest BCUT2D eigenvalue weighted by Gasteiger charge is 2.38. The Morgan fingerprint density at radius 1 is 1.32 bits per heavy atom. The molecule has 0 saturated heterocycles. The second kappa shape index (κ2) is 6.67. The van der Waals surface area contributed by atoms with Gasteiger partial charge in [0.1, 0.15) is 0 Å². The van der Waals surface area contributed by atoms with E-state index in [1.807, 2.05) is 0 Å². The van der Waals surface area contributed by atoms with Gasteiger partial charge in [-0.15, -0.1) is 0 Å².